The Balaban J connectivity index is 2.13. The highest BCUT2D eigenvalue weighted by molar-refractivity contribution is 7.99. The van der Waals surface area contributed by atoms with E-state index in [0.717, 1.165) is 17.3 Å². The van der Waals surface area contributed by atoms with Crippen molar-refractivity contribution < 1.29 is 0 Å². The number of thioether (sulfide) groups is 1. The molecule has 0 saturated heterocycles. The molecule has 0 amide bonds. The van der Waals surface area contributed by atoms with Crippen LogP contribution in [-0.2, 0) is 12.8 Å². The van der Waals surface area contributed by atoms with Gasteiger partial charge in [0.1, 0.15) is 0 Å². The molecule has 1 heterocycles. The molecule has 0 atom stereocenters. The average Bonchev–Trinajstić information content (AvgIpc) is 2.78. The lowest BCUT2D eigenvalue weighted by atomic mass is 10.0. The first-order chi connectivity index (χ1) is 8.90. The summed E-state index contributed by atoms with van der Waals surface area (Å²) in [5.41, 5.74) is 4.01. The van der Waals surface area contributed by atoms with E-state index in [0.29, 0.717) is 0 Å². The summed E-state index contributed by atoms with van der Waals surface area (Å²) < 4.78 is 2.36. The monoisotopic (exact) mass is 258 g/mol. The molecule has 0 aliphatic heterocycles. The largest absolute Gasteiger partial charge is 0.292 e. The molecule has 18 heavy (non-hydrogen) atoms. The van der Waals surface area contributed by atoms with Crippen LogP contribution in [0.3, 0.4) is 0 Å². The number of aromatic nitrogens is 2. The maximum Gasteiger partial charge on any atom is 0.173 e. The fraction of sp³-hybridized carbons (Fsp3) is 0.400. The van der Waals surface area contributed by atoms with Gasteiger partial charge in [-0.05, 0) is 43.6 Å². The zero-order valence-corrected chi connectivity index (χ0v) is 11.5. The number of nitrogens with zero attached hydrogens (tertiary/aromatic N) is 2. The summed E-state index contributed by atoms with van der Waals surface area (Å²) in [4.78, 5) is 4.84. The Morgan fingerprint density at radius 2 is 1.94 bits per heavy atom. The normalized spacial score (nSPS) is 14.5. The number of hydrogen-bond donors (Lipinski definition) is 0. The highest BCUT2D eigenvalue weighted by atomic mass is 32.2. The van der Waals surface area contributed by atoms with Crippen molar-refractivity contribution >= 4 is 11.8 Å². The molecular weight excluding hydrogens is 240 g/mol. The van der Waals surface area contributed by atoms with Crippen molar-refractivity contribution in [3.63, 3.8) is 0 Å². The van der Waals surface area contributed by atoms with Crippen LogP contribution in [0.15, 0.2) is 35.5 Å². The number of hydrogen-bond acceptors (Lipinski definition) is 2. The molecule has 0 saturated carbocycles. The molecule has 0 radical (unpaired) electrons. The minimum absolute atomic E-state index is 1.07. The molecule has 1 aliphatic carbocycles. The van der Waals surface area contributed by atoms with Crippen molar-refractivity contribution in [2.45, 2.75) is 37.8 Å². The Morgan fingerprint density at radius 3 is 2.72 bits per heavy atom. The van der Waals surface area contributed by atoms with Crippen LogP contribution in [0, 0.1) is 0 Å². The Bertz CT molecular complexity index is 531. The van der Waals surface area contributed by atoms with Gasteiger partial charge in [0.25, 0.3) is 0 Å². The van der Waals surface area contributed by atoms with Crippen LogP contribution >= 0.6 is 11.8 Å². The van der Waals surface area contributed by atoms with E-state index in [4.69, 9.17) is 4.98 Å². The molecular formula is C15H18N2S. The third kappa shape index (κ3) is 2.07. The summed E-state index contributed by atoms with van der Waals surface area (Å²) in [5, 5.41) is 1.16. The van der Waals surface area contributed by atoms with E-state index in [1.807, 2.05) is 11.8 Å². The van der Waals surface area contributed by atoms with Gasteiger partial charge in [0, 0.05) is 11.4 Å². The number of para-hydroxylation sites is 1. The lowest BCUT2D eigenvalue weighted by Crippen LogP contribution is -2.07. The summed E-state index contributed by atoms with van der Waals surface area (Å²) in [6.07, 6.45) is 4.89. The highest BCUT2D eigenvalue weighted by Gasteiger charge is 2.20. The summed E-state index contributed by atoms with van der Waals surface area (Å²) in [5.74, 6) is 1.07. The van der Waals surface area contributed by atoms with Crippen molar-refractivity contribution in [1.82, 2.24) is 9.55 Å². The van der Waals surface area contributed by atoms with Crippen LogP contribution in [0.2, 0.25) is 0 Å². The van der Waals surface area contributed by atoms with Crippen molar-refractivity contribution in [3.8, 4) is 5.69 Å². The minimum atomic E-state index is 1.07. The third-order valence-electron chi connectivity index (χ3n) is 3.39. The molecule has 0 fully saturated rings. The Kier molecular flexibility index (Phi) is 3.41. The second-order valence-electron chi connectivity index (χ2n) is 4.60. The van der Waals surface area contributed by atoms with Gasteiger partial charge < -0.3 is 0 Å². The lowest BCUT2D eigenvalue weighted by molar-refractivity contribution is 0.654. The van der Waals surface area contributed by atoms with Gasteiger partial charge in [-0.2, -0.15) is 0 Å². The van der Waals surface area contributed by atoms with Crippen molar-refractivity contribution in [3.05, 3.63) is 41.7 Å². The first-order valence-corrected chi connectivity index (χ1v) is 7.67. The van der Waals surface area contributed by atoms with Crippen molar-refractivity contribution in [2.75, 3.05) is 5.75 Å². The van der Waals surface area contributed by atoms with Crippen molar-refractivity contribution in [1.29, 1.82) is 0 Å². The van der Waals surface area contributed by atoms with E-state index >= 15 is 0 Å². The molecule has 1 aliphatic rings. The predicted octanol–water partition coefficient (Wildman–Crippen LogP) is 3.86. The van der Waals surface area contributed by atoms with Gasteiger partial charge in [-0.3, -0.25) is 4.57 Å². The molecule has 2 nitrogen and oxygen atoms in total. The Labute approximate surface area is 112 Å². The fourth-order valence-corrected chi connectivity index (χ4v) is 3.36. The Morgan fingerprint density at radius 1 is 1.17 bits per heavy atom. The summed E-state index contributed by atoms with van der Waals surface area (Å²) >= 11 is 1.84. The second kappa shape index (κ2) is 5.19. The topological polar surface area (TPSA) is 17.8 Å². The lowest BCUT2D eigenvalue weighted by Gasteiger charge is -2.15. The van der Waals surface area contributed by atoms with Crippen LogP contribution in [0.25, 0.3) is 5.69 Å². The van der Waals surface area contributed by atoms with Crippen molar-refractivity contribution in [2.24, 2.45) is 0 Å². The van der Waals surface area contributed by atoms with Crippen LogP contribution in [0.5, 0.6) is 0 Å². The predicted molar refractivity (Wildman–Crippen MR) is 76.6 cm³/mol. The molecule has 1 aromatic carbocycles. The van der Waals surface area contributed by atoms with E-state index < -0.39 is 0 Å². The van der Waals surface area contributed by atoms with Gasteiger partial charge >= 0.3 is 0 Å². The minimum Gasteiger partial charge on any atom is -0.292 e. The molecule has 0 spiro atoms. The number of fused-ring (bicyclic) bond motifs is 1. The second-order valence-corrected chi connectivity index (χ2v) is 5.83. The van der Waals surface area contributed by atoms with E-state index in [1.54, 1.807) is 0 Å². The summed E-state index contributed by atoms with van der Waals surface area (Å²) in [6, 6.07) is 10.6. The van der Waals surface area contributed by atoms with Crippen LogP contribution in [0.4, 0.5) is 0 Å². The summed E-state index contributed by atoms with van der Waals surface area (Å²) in [7, 11) is 0. The first kappa shape index (κ1) is 11.8. The number of aryl methyl sites for hydroxylation is 1. The van der Waals surface area contributed by atoms with Gasteiger partial charge in [-0.15, -0.1) is 0 Å². The van der Waals surface area contributed by atoms with Gasteiger partial charge in [0.15, 0.2) is 5.16 Å². The molecule has 0 unspecified atom stereocenters. The highest BCUT2D eigenvalue weighted by Crippen LogP contribution is 2.30. The molecule has 3 rings (SSSR count). The molecule has 0 N–H and O–H groups in total. The number of imidazole rings is 1. The molecule has 3 heteroatoms. The maximum atomic E-state index is 4.84. The first-order valence-electron chi connectivity index (χ1n) is 6.69. The number of benzene rings is 1. The van der Waals surface area contributed by atoms with Crippen LogP contribution < -0.4 is 0 Å². The third-order valence-corrected chi connectivity index (χ3v) is 4.21. The van der Waals surface area contributed by atoms with Gasteiger partial charge in [0.05, 0.1) is 5.69 Å². The SMILES string of the molecule is CCSc1nc2c(n1-c1ccccc1)CCCC2. The fourth-order valence-electron chi connectivity index (χ4n) is 2.58. The Hall–Kier alpha value is -1.22. The zero-order valence-electron chi connectivity index (χ0n) is 10.7. The standard InChI is InChI=1S/C15H18N2S/c1-2-18-15-16-13-10-6-7-11-14(13)17(15)12-8-4-3-5-9-12/h3-5,8-9H,2,6-7,10-11H2,1H3. The van der Waals surface area contributed by atoms with Crippen LogP contribution in [0.1, 0.15) is 31.2 Å². The quantitative estimate of drug-likeness (QED) is 0.778. The maximum absolute atomic E-state index is 4.84. The van der Waals surface area contributed by atoms with E-state index in [-0.39, 0.29) is 0 Å². The van der Waals surface area contributed by atoms with E-state index in [2.05, 4.69) is 41.8 Å². The van der Waals surface area contributed by atoms with E-state index in [9.17, 15) is 0 Å². The van der Waals surface area contributed by atoms with E-state index in [1.165, 1.54) is 36.3 Å². The summed E-state index contributed by atoms with van der Waals surface area (Å²) in [6.45, 7) is 2.19. The molecule has 2 aromatic rings. The van der Waals surface area contributed by atoms with Crippen LogP contribution in [-0.4, -0.2) is 15.3 Å². The molecule has 1 aromatic heterocycles. The van der Waals surface area contributed by atoms with Gasteiger partial charge in [-0.25, -0.2) is 4.98 Å². The average molecular weight is 258 g/mol. The smallest absolute Gasteiger partial charge is 0.173 e. The van der Waals surface area contributed by atoms with Gasteiger partial charge in [-0.1, -0.05) is 36.9 Å². The number of rotatable bonds is 3. The molecule has 0 bridgehead atoms. The van der Waals surface area contributed by atoms with Gasteiger partial charge in [0.2, 0.25) is 0 Å². The zero-order chi connectivity index (χ0) is 12.4. The molecule has 94 valence electrons.